The summed E-state index contributed by atoms with van der Waals surface area (Å²) in [6.07, 6.45) is 0. The number of hydrogen-bond acceptors (Lipinski definition) is 5. The molecule has 1 aromatic carbocycles. The molecule has 3 N–H and O–H groups in total. The number of likely N-dealkylation sites (N-methyl/N-ethyl adjacent to an activating group) is 1. The third-order valence-corrected chi connectivity index (χ3v) is 2.61. The lowest BCUT2D eigenvalue weighted by Crippen LogP contribution is -2.44. The first-order valence-corrected chi connectivity index (χ1v) is 5.72. The van der Waals surface area contributed by atoms with Crippen molar-refractivity contribution in [3.63, 3.8) is 0 Å². The number of carbonyl (C=O) groups is 2. The van der Waals surface area contributed by atoms with Gasteiger partial charge in [-0.3, -0.25) is 10.1 Å². The summed E-state index contributed by atoms with van der Waals surface area (Å²) in [6.45, 7) is 0.929. The van der Waals surface area contributed by atoms with Gasteiger partial charge in [-0.2, -0.15) is 0 Å². The number of carboxylic acid groups (broad SMARTS) is 1. The van der Waals surface area contributed by atoms with E-state index >= 15 is 0 Å². The average molecular weight is 266 g/mol. The molecule has 0 radical (unpaired) electrons. The van der Waals surface area contributed by atoms with Gasteiger partial charge in [-0.15, -0.1) is 0 Å². The minimum atomic E-state index is -1.30. The molecule has 1 aliphatic rings. The van der Waals surface area contributed by atoms with Gasteiger partial charge in [0.15, 0.2) is 17.5 Å². The van der Waals surface area contributed by atoms with Crippen molar-refractivity contribution >= 4 is 17.6 Å². The summed E-state index contributed by atoms with van der Waals surface area (Å²) in [5.74, 6) is -0.753. The molecule has 7 nitrogen and oxygen atoms in total. The van der Waals surface area contributed by atoms with Crippen LogP contribution in [0.1, 0.15) is 0 Å². The van der Waals surface area contributed by atoms with Gasteiger partial charge in [-0.1, -0.05) is 0 Å². The Morgan fingerprint density at radius 3 is 2.58 bits per heavy atom. The van der Waals surface area contributed by atoms with E-state index in [1.807, 2.05) is 0 Å². The number of carbonyl (C=O) groups excluding carboxylic acids is 1. The molecule has 1 heterocycles. The summed E-state index contributed by atoms with van der Waals surface area (Å²) in [4.78, 5) is 22.6. The molecular weight excluding hydrogens is 252 g/mol. The minimum absolute atomic E-state index is 0.443. The Kier molecular flexibility index (Phi) is 3.86. The third-order valence-electron chi connectivity index (χ3n) is 2.61. The van der Waals surface area contributed by atoms with Crippen molar-refractivity contribution in [1.82, 2.24) is 5.32 Å². The molecule has 1 aliphatic heterocycles. The highest BCUT2D eigenvalue weighted by molar-refractivity contribution is 6.07. The molecule has 7 heteroatoms. The second kappa shape index (κ2) is 5.57. The van der Waals surface area contributed by atoms with Crippen LogP contribution in [0.25, 0.3) is 0 Å². The SMILES string of the molecule is CNC(C(=O)O)C(=O)Nc1ccc2c(c1)OCCO2. The summed E-state index contributed by atoms with van der Waals surface area (Å²) in [5.41, 5.74) is 0.454. The number of benzene rings is 1. The fourth-order valence-corrected chi connectivity index (χ4v) is 1.70. The number of carboxylic acids is 1. The molecule has 0 saturated heterocycles. The van der Waals surface area contributed by atoms with Crippen LogP contribution in [0, 0.1) is 0 Å². The number of amides is 1. The quantitative estimate of drug-likeness (QED) is 0.667. The number of rotatable bonds is 4. The van der Waals surface area contributed by atoms with E-state index in [-0.39, 0.29) is 0 Å². The summed E-state index contributed by atoms with van der Waals surface area (Å²) in [5, 5.41) is 13.8. The Morgan fingerprint density at radius 1 is 1.26 bits per heavy atom. The van der Waals surface area contributed by atoms with Crippen LogP contribution >= 0.6 is 0 Å². The van der Waals surface area contributed by atoms with E-state index in [4.69, 9.17) is 14.6 Å². The zero-order chi connectivity index (χ0) is 13.8. The van der Waals surface area contributed by atoms with E-state index < -0.39 is 17.9 Å². The van der Waals surface area contributed by atoms with Gasteiger partial charge in [0.1, 0.15) is 13.2 Å². The van der Waals surface area contributed by atoms with E-state index in [9.17, 15) is 9.59 Å². The lowest BCUT2D eigenvalue weighted by atomic mass is 10.2. The molecule has 0 aliphatic carbocycles. The first kappa shape index (κ1) is 13.2. The van der Waals surface area contributed by atoms with Crippen molar-refractivity contribution in [2.45, 2.75) is 6.04 Å². The molecule has 2 rings (SSSR count). The largest absolute Gasteiger partial charge is 0.486 e. The van der Waals surface area contributed by atoms with E-state index in [1.54, 1.807) is 18.2 Å². The average Bonchev–Trinajstić information content (AvgIpc) is 2.39. The maximum Gasteiger partial charge on any atom is 0.330 e. The Bertz CT molecular complexity index is 503. The van der Waals surface area contributed by atoms with Gasteiger partial charge < -0.3 is 19.9 Å². The first-order chi connectivity index (χ1) is 9.11. The van der Waals surface area contributed by atoms with E-state index in [0.29, 0.717) is 30.4 Å². The van der Waals surface area contributed by atoms with Crippen LogP contribution in [0.5, 0.6) is 11.5 Å². The molecule has 1 unspecified atom stereocenters. The summed E-state index contributed by atoms with van der Waals surface area (Å²) in [7, 11) is 1.40. The van der Waals surface area contributed by atoms with Crippen molar-refractivity contribution in [2.24, 2.45) is 0 Å². The summed E-state index contributed by atoms with van der Waals surface area (Å²) >= 11 is 0. The van der Waals surface area contributed by atoms with Crippen LogP contribution in [-0.4, -0.2) is 43.3 Å². The Hall–Kier alpha value is -2.28. The maximum atomic E-state index is 11.7. The van der Waals surface area contributed by atoms with Gasteiger partial charge in [0.25, 0.3) is 5.91 Å². The van der Waals surface area contributed by atoms with Gasteiger partial charge >= 0.3 is 5.97 Å². The lowest BCUT2D eigenvalue weighted by Gasteiger charge is -2.19. The predicted octanol–water partition coefficient (Wildman–Crippen LogP) is 0.0689. The zero-order valence-corrected chi connectivity index (χ0v) is 10.3. The molecule has 0 spiro atoms. The predicted molar refractivity (Wildman–Crippen MR) is 66.5 cm³/mol. The van der Waals surface area contributed by atoms with Crippen molar-refractivity contribution < 1.29 is 24.2 Å². The molecule has 1 aromatic rings. The Labute approximate surface area is 109 Å². The van der Waals surface area contributed by atoms with Gasteiger partial charge in [0.05, 0.1) is 0 Å². The number of anilines is 1. The lowest BCUT2D eigenvalue weighted by molar-refractivity contribution is -0.142. The monoisotopic (exact) mass is 266 g/mol. The van der Waals surface area contributed by atoms with Crippen LogP contribution in [0.15, 0.2) is 18.2 Å². The highest BCUT2D eigenvalue weighted by Gasteiger charge is 2.24. The molecule has 0 fully saturated rings. The van der Waals surface area contributed by atoms with E-state index in [0.717, 1.165) is 0 Å². The molecule has 1 atom stereocenters. The van der Waals surface area contributed by atoms with Crippen LogP contribution in [0.2, 0.25) is 0 Å². The fourth-order valence-electron chi connectivity index (χ4n) is 1.70. The number of aliphatic carboxylic acids is 1. The Morgan fingerprint density at radius 2 is 1.95 bits per heavy atom. The smallest absolute Gasteiger partial charge is 0.330 e. The van der Waals surface area contributed by atoms with Crippen molar-refractivity contribution in [3.8, 4) is 11.5 Å². The topological polar surface area (TPSA) is 96.9 Å². The highest BCUT2D eigenvalue weighted by Crippen LogP contribution is 2.32. The van der Waals surface area contributed by atoms with Gasteiger partial charge in [0, 0.05) is 11.8 Å². The van der Waals surface area contributed by atoms with Gasteiger partial charge in [0.2, 0.25) is 0 Å². The second-order valence-electron chi connectivity index (χ2n) is 3.91. The van der Waals surface area contributed by atoms with Crippen LogP contribution in [0.3, 0.4) is 0 Å². The molecule has 1 amide bonds. The number of nitrogens with one attached hydrogen (secondary N) is 2. The normalized spacial score (nSPS) is 14.6. The fraction of sp³-hybridized carbons (Fsp3) is 0.333. The summed E-state index contributed by atoms with van der Waals surface area (Å²) in [6, 6.07) is 3.59. The van der Waals surface area contributed by atoms with Crippen molar-refractivity contribution in [2.75, 3.05) is 25.6 Å². The third kappa shape index (κ3) is 2.94. The molecular formula is C12H14N2O5. The molecule has 102 valence electrons. The van der Waals surface area contributed by atoms with E-state index in [1.165, 1.54) is 7.05 Å². The maximum absolute atomic E-state index is 11.7. The Balaban J connectivity index is 2.11. The number of hydrogen-bond donors (Lipinski definition) is 3. The molecule has 0 bridgehead atoms. The van der Waals surface area contributed by atoms with Gasteiger partial charge in [-0.25, -0.2) is 4.79 Å². The standard InChI is InChI=1S/C12H14N2O5/c1-13-10(12(16)17)11(15)14-7-2-3-8-9(6-7)19-5-4-18-8/h2-3,6,10,13H,4-5H2,1H3,(H,14,15)(H,16,17). The van der Waals surface area contributed by atoms with Crippen LogP contribution in [-0.2, 0) is 9.59 Å². The minimum Gasteiger partial charge on any atom is -0.486 e. The van der Waals surface area contributed by atoms with Crippen molar-refractivity contribution in [3.05, 3.63) is 18.2 Å². The molecule has 19 heavy (non-hydrogen) atoms. The molecule has 0 saturated carbocycles. The van der Waals surface area contributed by atoms with Gasteiger partial charge in [-0.05, 0) is 19.2 Å². The number of ether oxygens (including phenoxy) is 2. The second-order valence-corrected chi connectivity index (χ2v) is 3.91. The van der Waals surface area contributed by atoms with Crippen molar-refractivity contribution in [1.29, 1.82) is 0 Å². The highest BCUT2D eigenvalue weighted by atomic mass is 16.6. The number of fused-ring (bicyclic) bond motifs is 1. The first-order valence-electron chi connectivity index (χ1n) is 5.72. The van der Waals surface area contributed by atoms with Crippen LogP contribution in [0.4, 0.5) is 5.69 Å². The zero-order valence-electron chi connectivity index (χ0n) is 10.3. The van der Waals surface area contributed by atoms with Crippen LogP contribution < -0.4 is 20.1 Å². The summed E-state index contributed by atoms with van der Waals surface area (Å²) < 4.78 is 10.7. The van der Waals surface area contributed by atoms with E-state index in [2.05, 4.69) is 10.6 Å². The molecule has 0 aromatic heterocycles.